The third-order valence-electron chi connectivity index (χ3n) is 11.5. The van der Waals surface area contributed by atoms with Crippen LogP contribution in [0.3, 0.4) is 0 Å². The van der Waals surface area contributed by atoms with Gasteiger partial charge in [-0.05, 0) is 86.3 Å². The number of halogens is 3. The Morgan fingerprint density at radius 2 is 1.39 bits per heavy atom. The summed E-state index contributed by atoms with van der Waals surface area (Å²) in [5, 5.41) is 16.5. The van der Waals surface area contributed by atoms with E-state index >= 15 is 0 Å². The van der Waals surface area contributed by atoms with Crippen molar-refractivity contribution in [3.8, 4) is 11.8 Å². The number of thiophene rings is 1. The predicted molar refractivity (Wildman–Crippen MR) is 245 cm³/mol. The molecule has 4 aromatic rings. The van der Waals surface area contributed by atoms with Crippen LogP contribution in [0.1, 0.15) is 69.6 Å². The molecule has 1 aromatic heterocycles. The molecule has 366 valence electrons. The predicted octanol–water partition coefficient (Wildman–Crippen LogP) is 5.94. The zero-order valence-electron chi connectivity index (χ0n) is 37.9. The van der Waals surface area contributed by atoms with E-state index in [1.54, 1.807) is 56.3 Å². The summed E-state index contributed by atoms with van der Waals surface area (Å²) >= 11 is 1.38. The van der Waals surface area contributed by atoms with Crippen LogP contribution >= 0.6 is 11.3 Å². The lowest BCUT2D eigenvalue weighted by molar-refractivity contribution is -0.138. The van der Waals surface area contributed by atoms with E-state index in [-0.39, 0.29) is 36.3 Å². The first-order valence-electron chi connectivity index (χ1n) is 22.2. The maximum Gasteiger partial charge on any atom is 0.417 e. The van der Waals surface area contributed by atoms with Gasteiger partial charge in [0.15, 0.2) is 0 Å². The highest BCUT2D eigenvalue weighted by atomic mass is 32.1. The van der Waals surface area contributed by atoms with Crippen molar-refractivity contribution >= 4 is 57.9 Å². The number of imide groups is 2. The molecule has 0 radical (unpaired) electrons. The fraction of sp³-hybridized carbons (Fsp3) is 0.417. The molecule has 69 heavy (non-hydrogen) atoms. The molecule has 0 bridgehead atoms. The highest BCUT2D eigenvalue weighted by Crippen LogP contribution is 2.48. The van der Waals surface area contributed by atoms with Crippen molar-refractivity contribution in [2.45, 2.75) is 50.6 Å². The van der Waals surface area contributed by atoms with Crippen molar-refractivity contribution < 1.29 is 65.6 Å². The number of ether oxygens (including phenoxy) is 6. The summed E-state index contributed by atoms with van der Waals surface area (Å²) in [5.74, 6) is -2.09. The van der Waals surface area contributed by atoms with Gasteiger partial charge in [0, 0.05) is 34.9 Å². The van der Waals surface area contributed by atoms with Crippen LogP contribution in [0.5, 0.6) is 5.75 Å². The van der Waals surface area contributed by atoms with Crippen molar-refractivity contribution in [3.63, 3.8) is 0 Å². The monoisotopic (exact) mass is 976 g/mol. The molecule has 0 aliphatic carbocycles. The van der Waals surface area contributed by atoms with Gasteiger partial charge < -0.3 is 38.6 Å². The van der Waals surface area contributed by atoms with E-state index in [2.05, 4.69) is 10.6 Å². The number of carbonyl (C=O) groups is 5. The van der Waals surface area contributed by atoms with Gasteiger partial charge >= 0.3 is 6.18 Å². The molecule has 17 nitrogen and oxygen atoms in total. The highest BCUT2D eigenvalue weighted by Gasteiger charge is 2.54. The Morgan fingerprint density at radius 1 is 0.768 bits per heavy atom. The molecular formula is C48H51F3N6O11S. The number of hydrogen-bond acceptors (Lipinski definition) is 15. The smallest absolute Gasteiger partial charge is 0.417 e. The summed E-state index contributed by atoms with van der Waals surface area (Å²) in [4.78, 5) is 69.1. The van der Waals surface area contributed by atoms with Crippen molar-refractivity contribution in [1.29, 1.82) is 5.26 Å². The minimum atomic E-state index is -4.79. The lowest BCUT2D eigenvalue weighted by Crippen LogP contribution is -2.54. The Kier molecular flexibility index (Phi) is 16.7. The van der Waals surface area contributed by atoms with E-state index in [4.69, 9.17) is 28.4 Å². The van der Waals surface area contributed by atoms with E-state index in [1.165, 1.54) is 28.4 Å². The van der Waals surface area contributed by atoms with Gasteiger partial charge in [0.25, 0.3) is 17.7 Å². The molecule has 2 saturated heterocycles. The largest absolute Gasteiger partial charge is 0.491 e. The maximum atomic E-state index is 14.0. The number of fused-ring (bicyclic) bond motifs is 1. The zero-order valence-corrected chi connectivity index (χ0v) is 38.7. The second-order valence-electron chi connectivity index (χ2n) is 16.3. The second-order valence-corrected chi connectivity index (χ2v) is 17.3. The molecule has 5 amide bonds. The fourth-order valence-corrected chi connectivity index (χ4v) is 8.99. The summed E-state index contributed by atoms with van der Waals surface area (Å²) in [6.45, 7) is 7.52. The van der Waals surface area contributed by atoms with Crippen LogP contribution in [-0.4, -0.2) is 125 Å². The first kappa shape index (κ1) is 50.5. The lowest BCUT2D eigenvalue weighted by Gasteiger charge is -2.35. The number of piperidine rings is 1. The molecule has 0 spiro atoms. The van der Waals surface area contributed by atoms with Crippen LogP contribution in [0.2, 0.25) is 0 Å². The normalized spacial score (nSPS) is 17.9. The van der Waals surface area contributed by atoms with Gasteiger partial charge in [-0.15, -0.1) is 11.3 Å². The van der Waals surface area contributed by atoms with Crippen LogP contribution in [0.15, 0.2) is 78.2 Å². The standard InChI is InChI=1S/C48H51F3N6O11S/c1-47(2)46(62)55(33-9-8-31(30-52)36(29-33)48(49,50)51)43(39-7-4-28-69-39)57(47)32-10-12-34(13-11-32)68-27-26-67-25-24-66-23-22-65-21-20-64-19-18-63-17-16-53-37-6-3-5-35-41(37)45(61)56(44(35)60)38-14-15-40(58)54-42(38)59/h3-13,28-29,38,43,53H,14-27H2,1-2H3,(H,54,58,59). The molecule has 21 heteroatoms. The number of nitrogens with zero attached hydrogens (tertiary/aromatic N) is 4. The molecule has 3 aliphatic rings. The van der Waals surface area contributed by atoms with Crippen LogP contribution in [0.4, 0.5) is 30.2 Å². The third-order valence-corrected chi connectivity index (χ3v) is 12.4. The molecule has 7 rings (SSSR count). The highest BCUT2D eigenvalue weighted by molar-refractivity contribution is 7.10. The van der Waals surface area contributed by atoms with Gasteiger partial charge in [-0.25, -0.2) is 0 Å². The number of hydrogen-bond donors (Lipinski definition) is 2. The molecule has 2 N–H and O–H groups in total. The second kappa shape index (κ2) is 22.8. The van der Waals surface area contributed by atoms with Gasteiger partial charge in [-0.3, -0.25) is 39.1 Å². The molecule has 2 unspecified atom stereocenters. The van der Waals surface area contributed by atoms with Gasteiger partial charge in [0.05, 0.1) is 94.4 Å². The maximum absolute atomic E-state index is 14.0. The quantitative estimate of drug-likeness (QED) is 0.0618. The Labute approximate surface area is 399 Å². The number of rotatable bonds is 24. The van der Waals surface area contributed by atoms with E-state index < -0.39 is 64.6 Å². The average molecular weight is 977 g/mol. The van der Waals surface area contributed by atoms with E-state index in [0.717, 1.165) is 21.9 Å². The number of nitrogens with one attached hydrogen (secondary N) is 2. The van der Waals surface area contributed by atoms with Crippen LogP contribution in [-0.2, 0) is 44.2 Å². The third kappa shape index (κ3) is 11.7. The number of amides is 5. The number of alkyl halides is 3. The summed E-state index contributed by atoms with van der Waals surface area (Å²) in [7, 11) is 0. The number of benzene rings is 3. The summed E-state index contributed by atoms with van der Waals surface area (Å²) in [5.41, 5.74) is -1.26. The zero-order chi connectivity index (χ0) is 49.1. The van der Waals surface area contributed by atoms with Crippen LogP contribution in [0.25, 0.3) is 0 Å². The number of nitriles is 1. The van der Waals surface area contributed by atoms with Gasteiger partial charge in [-0.2, -0.15) is 18.4 Å². The van der Waals surface area contributed by atoms with Crippen molar-refractivity contribution in [2.24, 2.45) is 0 Å². The van der Waals surface area contributed by atoms with Gasteiger partial charge in [0.1, 0.15) is 30.1 Å². The molecule has 2 atom stereocenters. The Balaban J connectivity index is 0.727. The summed E-state index contributed by atoms with van der Waals surface area (Å²) in [6, 6.07) is 19.5. The minimum absolute atomic E-state index is 0.0330. The molecule has 2 fully saturated rings. The first-order valence-corrected chi connectivity index (χ1v) is 23.1. The van der Waals surface area contributed by atoms with E-state index in [1.807, 2.05) is 22.4 Å². The number of anilines is 3. The minimum Gasteiger partial charge on any atom is -0.491 e. The van der Waals surface area contributed by atoms with Crippen LogP contribution < -0.4 is 25.2 Å². The molecule has 4 heterocycles. The van der Waals surface area contributed by atoms with Crippen molar-refractivity contribution in [2.75, 3.05) is 94.3 Å². The fourth-order valence-electron chi connectivity index (χ4n) is 8.18. The van der Waals surface area contributed by atoms with Crippen molar-refractivity contribution in [3.05, 3.63) is 105 Å². The molecule has 3 aromatic carbocycles. The van der Waals surface area contributed by atoms with Crippen LogP contribution in [0, 0.1) is 11.3 Å². The topological polar surface area (TPSA) is 198 Å². The van der Waals surface area contributed by atoms with Crippen molar-refractivity contribution in [1.82, 2.24) is 10.2 Å². The average Bonchev–Trinajstić information content (AvgIpc) is 4.01. The van der Waals surface area contributed by atoms with E-state index in [9.17, 15) is 42.4 Å². The molecule has 0 saturated carbocycles. The van der Waals surface area contributed by atoms with E-state index in [0.29, 0.717) is 89.7 Å². The Bertz CT molecular complexity index is 2520. The summed E-state index contributed by atoms with van der Waals surface area (Å²) < 4.78 is 75.6. The first-order chi connectivity index (χ1) is 33.2. The summed E-state index contributed by atoms with van der Waals surface area (Å²) in [6.07, 6.45) is -5.42. The van der Waals surface area contributed by atoms with Gasteiger partial charge in [-0.1, -0.05) is 12.1 Å². The SMILES string of the molecule is CC1(C)C(=O)N(c2ccc(C#N)c(C(F)(F)F)c2)C(c2cccs2)N1c1ccc(OCCOCCOCCOCCOCCOCCNc2cccc3c2C(=O)N(C2CCC(=O)NC2=O)C3=O)cc1. The Morgan fingerprint density at radius 3 is 1.99 bits per heavy atom. The molecular weight excluding hydrogens is 926 g/mol. The number of carbonyl (C=O) groups excluding carboxylic acids is 5. The van der Waals surface area contributed by atoms with Gasteiger partial charge in [0.2, 0.25) is 11.8 Å². The molecule has 3 aliphatic heterocycles. The Hall–Kier alpha value is -6.41. The lowest BCUT2D eigenvalue weighted by atomic mass is 10.0.